The Morgan fingerprint density at radius 2 is 1.96 bits per heavy atom. The number of benzene rings is 1. The summed E-state index contributed by atoms with van der Waals surface area (Å²) in [6.45, 7) is 0.140. The van der Waals surface area contributed by atoms with E-state index in [4.69, 9.17) is 13.9 Å². The molecule has 28 heavy (non-hydrogen) atoms. The SMILES string of the molecule is COC(=O)c1nn(C)cc1NC(=O)c1ccc(COc2cccc(OC)c2)o1. The zero-order valence-corrected chi connectivity index (χ0v) is 15.6. The lowest BCUT2D eigenvalue weighted by molar-refractivity contribution is 0.0594. The van der Waals surface area contributed by atoms with Crippen molar-refractivity contribution >= 4 is 17.6 Å². The van der Waals surface area contributed by atoms with Crippen LogP contribution < -0.4 is 14.8 Å². The summed E-state index contributed by atoms with van der Waals surface area (Å²) in [5, 5.41) is 6.57. The summed E-state index contributed by atoms with van der Waals surface area (Å²) in [5.41, 5.74) is 0.233. The minimum atomic E-state index is -0.650. The molecular weight excluding hydrogens is 366 g/mol. The largest absolute Gasteiger partial charge is 0.497 e. The van der Waals surface area contributed by atoms with Gasteiger partial charge in [-0.2, -0.15) is 5.10 Å². The molecule has 0 aliphatic rings. The molecule has 0 saturated carbocycles. The lowest BCUT2D eigenvalue weighted by Crippen LogP contribution is -2.14. The fourth-order valence-electron chi connectivity index (χ4n) is 2.43. The molecule has 1 aromatic carbocycles. The van der Waals surface area contributed by atoms with Gasteiger partial charge in [0.15, 0.2) is 11.5 Å². The lowest BCUT2D eigenvalue weighted by Gasteiger charge is -2.06. The van der Waals surface area contributed by atoms with Crippen LogP contribution in [0.25, 0.3) is 0 Å². The van der Waals surface area contributed by atoms with E-state index in [-0.39, 0.29) is 23.7 Å². The number of rotatable bonds is 7. The second-order valence-corrected chi connectivity index (χ2v) is 5.74. The van der Waals surface area contributed by atoms with E-state index in [2.05, 4.69) is 15.2 Å². The molecule has 0 spiro atoms. The Bertz CT molecular complexity index is 991. The van der Waals surface area contributed by atoms with Crippen molar-refractivity contribution in [2.45, 2.75) is 6.61 Å². The highest BCUT2D eigenvalue weighted by Gasteiger charge is 2.20. The number of furan rings is 1. The number of esters is 1. The van der Waals surface area contributed by atoms with Gasteiger partial charge < -0.3 is 23.9 Å². The topological polar surface area (TPSA) is 105 Å². The van der Waals surface area contributed by atoms with Gasteiger partial charge in [0, 0.05) is 19.3 Å². The van der Waals surface area contributed by atoms with E-state index in [1.165, 1.54) is 24.1 Å². The van der Waals surface area contributed by atoms with Crippen LogP contribution in [0.1, 0.15) is 26.8 Å². The van der Waals surface area contributed by atoms with Crippen LogP contribution in [0.2, 0.25) is 0 Å². The molecule has 0 aliphatic carbocycles. The van der Waals surface area contributed by atoms with Crippen molar-refractivity contribution in [1.82, 2.24) is 9.78 Å². The summed E-state index contributed by atoms with van der Waals surface area (Å²) >= 11 is 0. The minimum Gasteiger partial charge on any atom is -0.497 e. The molecule has 1 N–H and O–H groups in total. The van der Waals surface area contributed by atoms with E-state index >= 15 is 0 Å². The van der Waals surface area contributed by atoms with Crippen LogP contribution in [0.4, 0.5) is 5.69 Å². The highest BCUT2D eigenvalue weighted by Crippen LogP contribution is 2.21. The van der Waals surface area contributed by atoms with Gasteiger partial charge in [0.1, 0.15) is 23.9 Å². The van der Waals surface area contributed by atoms with Crippen molar-refractivity contribution in [1.29, 1.82) is 0 Å². The molecule has 9 heteroatoms. The van der Waals surface area contributed by atoms with Gasteiger partial charge in [-0.15, -0.1) is 0 Å². The third kappa shape index (κ3) is 4.32. The number of hydrogen-bond donors (Lipinski definition) is 1. The van der Waals surface area contributed by atoms with Crippen LogP contribution in [0, 0.1) is 0 Å². The second-order valence-electron chi connectivity index (χ2n) is 5.74. The summed E-state index contributed by atoms with van der Waals surface area (Å²) in [5.74, 6) is 0.652. The Morgan fingerprint density at radius 3 is 2.71 bits per heavy atom. The molecule has 0 saturated heterocycles. The van der Waals surface area contributed by atoms with Gasteiger partial charge in [-0.3, -0.25) is 9.48 Å². The number of nitrogens with zero attached hydrogens (tertiary/aromatic N) is 2. The van der Waals surface area contributed by atoms with Crippen molar-refractivity contribution in [3.05, 3.63) is 59.8 Å². The molecule has 3 aromatic rings. The molecule has 0 atom stereocenters. The van der Waals surface area contributed by atoms with Crippen molar-refractivity contribution in [3.8, 4) is 11.5 Å². The average molecular weight is 385 g/mol. The number of amides is 1. The van der Waals surface area contributed by atoms with Crippen molar-refractivity contribution < 1.29 is 28.2 Å². The predicted molar refractivity (Wildman–Crippen MR) is 98.5 cm³/mol. The molecule has 3 rings (SSSR count). The molecular formula is C19H19N3O6. The molecule has 0 fully saturated rings. The molecule has 0 unspecified atom stereocenters. The molecule has 9 nitrogen and oxygen atoms in total. The third-order valence-electron chi connectivity index (χ3n) is 3.76. The number of ether oxygens (including phenoxy) is 3. The second kappa shape index (κ2) is 8.30. The normalized spacial score (nSPS) is 10.4. The first kappa shape index (κ1) is 19.0. The van der Waals surface area contributed by atoms with Crippen LogP contribution in [0.15, 0.2) is 47.0 Å². The number of carbonyl (C=O) groups is 2. The first-order valence-corrected chi connectivity index (χ1v) is 8.29. The van der Waals surface area contributed by atoms with Gasteiger partial charge in [-0.25, -0.2) is 4.79 Å². The van der Waals surface area contributed by atoms with Gasteiger partial charge in [-0.1, -0.05) is 6.07 Å². The number of nitrogens with one attached hydrogen (secondary N) is 1. The van der Waals surface area contributed by atoms with E-state index in [9.17, 15) is 9.59 Å². The van der Waals surface area contributed by atoms with Crippen LogP contribution in [0.5, 0.6) is 11.5 Å². The first-order valence-electron chi connectivity index (χ1n) is 8.29. The van der Waals surface area contributed by atoms with E-state index in [0.29, 0.717) is 17.3 Å². The molecule has 2 aromatic heterocycles. The molecule has 1 amide bonds. The first-order chi connectivity index (χ1) is 13.5. The summed E-state index contributed by atoms with van der Waals surface area (Å²) in [6, 6.07) is 10.3. The van der Waals surface area contributed by atoms with Gasteiger partial charge in [-0.05, 0) is 24.3 Å². The Morgan fingerprint density at radius 1 is 1.18 bits per heavy atom. The quantitative estimate of drug-likeness (QED) is 0.623. The maximum Gasteiger partial charge on any atom is 0.360 e. The molecule has 2 heterocycles. The highest BCUT2D eigenvalue weighted by atomic mass is 16.5. The van der Waals surface area contributed by atoms with E-state index in [1.807, 2.05) is 12.1 Å². The lowest BCUT2D eigenvalue weighted by atomic mass is 10.3. The zero-order valence-electron chi connectivity index (χ0n) is 15.6. The van der Waals surface area contributed by atoms with Crippen LogP contribution in [-0.4, -0.2) is 35.9 Å². The van der Waals surface area contributed by atoms with Crippen LogP contribution >= 0.6 is 0 Å². The Hall–Kier alpha value is -3.75. The monoisotopic (exact) mass is 385 g/mol. The molecule has 0 radical (unpaired) electrons. The standard InChI is InChI=1S/C19H19N3O6/c1-22-10-15(17(21-22)19(24)26-3)20-18(23)16-8-7-14(28-16)11-27-13-6-4-5-12(9-13)25-2/h4-10H,11H2,1-3H3,(H,20,23). The van der Waals surface area contributed by atoms with Gasteiger partial charge in [0.25, 0.3) is 5.91 Å². The Labute approximate surface area is 160 Å². The number of hydrogen-bond acceptors (Lipinski definition) is 7. The fraction of sp³-hybridized carbons (Fsp3) is 0.211. The maximum absolute atomic E-state index is 12.4. The van der Waals surface area contributed by atoms with Gasteiger partial charge >= 0.3 is 5.97 Å². The predicted octanol–water partition coefficient (Wildman–Crippen LogP) is 2.64. The average Bonchev–Trinajstić information content (AvgIpc) is 3.32. The minimum absolute atomic E-state index is 0.00601. The zero-order chi connectivity index (χ0) is 20.1. The van der Waals surface area contributed by atoms with Crippen molar-refractivity contribution in [3.63, 3.8) is 0 Å². The number of aromatic nitrogens is 2. The van der Waals surface area contributed by atoms with E-state index < -0.39 is 11.9 Å². The number of aryl methyl sites for hydroxylation is 1. The highest BCUT2D eigenvalue weighted by molar-refractivity contribution is 6.05. The summed E-state index contributed by atoms with van der Waals surface area (Å²) in [4.78, 5) is 24.1. The van der Waals surface area contributed by atoms with Crippen molar-refractivity contribution in [2.24, 2.45) is 7.05 Å². The van der Waals surface area contributed by atoms with E-state index in [1.54, 1.807) is 32.4 Å². The number of carbonyl (C=O) groups excluding carboxylic acids is 2. The smallest absolute Gasteiger partial charge is 0.360 e. The Kier molecular flexibility index (Phi) is 5.64. The molecule has 0 aliphatic heterocycles. The van der Waals surface area contributed by atoms with Gasteiger partial charge in [0.2, 0.25) is 0 Å². The molecule has 146 valence electrons. The van der Waals surface area contributed by atoms with Crippen molar-refractivity contribution in [2.75, 3.05) is 19.5 Å². The summed E-state index contributed by atoms with van der Waals surface area (Å²) < 4.78 is 22.3. The molecule has 0 bridgehead atoms. The Balaban J connectivity index is 1.65. The third-order valence-corrected chi connectivity index (χ3v) is 3.76. The van der Waals surface area contributed by atoms with Gasteiger partial charge in [0.05, 0.1) is 19.9 Å². The van der Waals surface area contributed by atoms with Crippen LogP contribution in [-0.2, 0) is 18.4 Å². The van der Waals surface area contributed by atoms with Crippen LogP contribution in [0.3, 0.4) is 0 Å². The fourth-order valence-corrected chi connectivity index (χ4v) is 2.43. The number of methoxy groups -OCH3 is 2. The van der Waals surface area contributed by atoms with E-state index in [0.717, 1.165) is 0 Å². The number of anilines is 1. The maximum atomic E-state index is 12.4. The summed E-state index contributed by atoms with van der Waals surface area (Å²) in [7, 11) is 4.44. The summed E-state index contributed by atoms with van der Waals surface area (Å²) in [6.07, 6.45) is 1.50.